The van der Waals surface area contributed by atoms with Crippen molar-refractivity contribution in [1.29, 1.82) is 0 Å². The monoisotopic (exact) mass is 550 g/mol. The summed E-state index contributed by atoms with van der Waals surface area (Å²) in [6, 6.07) is 29.2. The number of benzene rings is 3. The van der Waals surface area contributed by atoms with Crippen LogP contribution in [0, 0.1) is 5.92 Å². The van der Waals surface area contributed by atoms with Gasteiger partial charge in [0.25, 0.3) is 0 Å². The number of allylic oxidation sites excluding steroid dienone is 1. The zero-order valence-electron chi connectivity index (χ0n) is 24.1. The first-order valence-electron chi connectivity index (χ1n) is 15.0. The number of aryl methyl sites for hydroxylation is 1. The summed E-state index contributed by atoms with van der Waals surface area (Å²) in [7, 11) is 0. The Labute approximate surface area is 243 Å². The Morgan fingerprint density at radius 3 is 2.39 bits per heavy atom. The van der Waals surface area contributed by atoms with E-state index in [1.807, 2.05) is 36.4 Å². The standard InChI is InChI=1S/C35H42N4O2/c1-2-34-36-32-17-9-10-18-33(32)39(34)27-31(30-15-7-4-8-16-30)21-25-37-23-19-28(20-24-37)14-11-22-38(35(40)41)26-29-12-5-3-6-13-29/h3-18,28,31H,2,19-27H2,1H3,(H,40,41). The quantitative estimate of drug-likeness (QED) is 0.189. The highest BCUT2D eigenvalue weighted by Crippen LogP contribution is 2.27. The lowest BCUT2D eigenvalue weighted by atomic mass is 9.93. The summed E-state index contributed by atoms with van der Waals surface area (Å²) in [5, 5.41) is 9.63. The summed E-state index contributed by atoms with van der Waals surface area (Å²) in [6.07, 6.45) is 7.66. The summed E-state index contributed by atoms with van der Waals surface area (Å²) < 4.78 is 2.43. The van der Waals surface area contributed by atoms with Crippen molar-refractivity contribution in [3.8, 4) is 0 Å². The second-order valence-corrected chi connectivity index (χ2v) is 11.1. The van der Waals surface area contributed by atoms with E-state index >= 15 is 0 Å². The Kier molecular flexibility index (Phi) is 9.87. The van der Waals surface area contributed by atoms with Crippen molar-refractivity contribution >= 4 is 17.1 Å². The first-order chi connectivity index (χ1) is 20.1. The number of hydrogen-bond acceptors (Lipinski definition) is 3. The molecule has 0 bridgehead atoms. The van der Waals surface area contributed by atoms with Gasteiger partial charge in [0, 0.05) is 32.0 Å². The van der Waals surface area contributed by atoms with E-state index in [0.717, 1.165) is 68.8 Å². The van der Waals surface area contributed by atoms with E-state index in [-0.39, 0.29) is 0 Å². The molecule has 1 N–H and O–H groups in total. The molecular weight excluding hydrogens is 508 g/mol. The highest BCUT2D eigenvalue weighted by atomic mass is 16.4. The zero-order valence-corrected chi connectivity index (χ0v) is 24.1. The van der Waals surface area contributed by atoms with Crippen LogP contribution >= 0.6 is 0 Å². The number of carbonyl (C=O) groups is 1. The van der Waals surface area contributed by atoms with Crippen molar-refractivity contribution in [3.63, 3.8) is 0 Å². The number of carboxylic acid groups (broad SMARTS) is 1. The molecule has 0 spiro atoms. The maximum atomic E-state index is 11.7. The number of hydrogen-bond donors (Lipinski definition) is 1. The Morgan fingerprint density at radius 1 is 1.00 bits per heavy atom. The molecule has 1 aliphatic heterocycles. The van der Waals surface area contributed by atoms with Crippen LogP contribution in [0.15, 0.2) is 97.1 Å². The molecule has 1 aromatic heterocycles. The van der Waals surface area contributed by atoms with Crippen molar-refractivity contribution in [1.82, 2.24) is 19.4 Å². The lowest BCUT2D eigenvalue weighted by Gasteiger charge is -2.32. The van der Waals surface area contributed by atoms with Gasteiger partial charge < -0.3 is 19.5 Å². The van der Waals surface area contributed by atoms with Gasteiger partial charge in [-0.15, -0.1) is 0 Å². The molecule has 6 heteroatoms. The van der Waals surface area contributed by atoms with Crippen molar-refractivity contribution in [2.45, 2.75) is 51.6 Å². The number of piperidine rings is 1. The molecule has 41 heavy (non-hydrogen) atoms. The van der Waals surface area contributed by atoms with Crippen LogP contribution in [0.4, 0.5) is 4.79 Å². The molecule has 2 heterocycles. The normalized spacial score (nSPS) is 15.4. The highest BCUT2D eigenvalue weighted by Gasteiger charge is 2.21. The number of rotatable bonds is 12. The third kappa shape index (κ3) is 7.65. The van der Waals surface area contributed by atoms with E-state index in [1.54, 1.807) is 0 Å². The largest absolute Gasteiger partial charge is 0.465 e. The van der Waals surface area contributed by atoms with Gasteiger partial charge in [0.1, 0.15) is 5.82 Å². The van der Waals surface area contributed by atoms with Crippen molar-refractivity contribution < 1.29 is 9.90 Å². The van der Waals surface area contributed by atoms with Gasteiger partial charge in [-0.05, 0) is 68.1 Å². The summed E-state index contributed by atoms with van der Waals surface area (Å²) in [4.78, 5) is 20.7. The number of imidazole rings is 1. The van der Waals surface area contributed by atoms with E-state index in [2.05, 4.69) is 77.1 Å². The third-order valence-corrected chi connectivity index (χ3v) is 8.37. The number of likely N-dealkylation sites (tertiary alicyclic amines) is 1. The maximum Gasteiger partial charge on any atom is 0.407 e. The van der Waals surface area contributed by atoms with Crippen molar-refractivity contribution in [2.75, 3.05) is 26.2 Å². The molecule has 5 rings (SSSR count). The van der Waals surface area contributed by atoms with Crippen LogP contribution in [0.2, 0.25) is 0 Å². The van der Waals surface area contributed by atoms with Crippen LogP contribution in [0.5, 0.6) is 0 Å². The summed E-state index contributed by atoms with van der Waals surface area (Å²) in [6.45, 7) is 7.21. The first-order valence-corrected chi connectivity index (χ1v) is 15.0. The maximum absolute atomic E-state index is 11.7. The van der Waals surface area contributed by atoms with Crippen LogP contribution in [0.3, 0.4) is 0 Å². The molecule has 1 atom stereocenters. The zero-order chi connectivity index (χ0) is 28.4. The van der Waals surface area contributed by atoms with Gasteiger partial charge in [-0.25, -0.2) is 9.78 Å². The third-order valence-electron chi connectivity index (χ3n) is 8.37. The molecule has 1 fully saturated rings. The predicted octanol–water partition coefficient (Wildman–Crippen LogP) is 7.22. The molecule has 6 nitrogen and oxygen atoms in total. The van der Waals surface area contributed by atoms with Gasteiger partial charge in [-0.3, -0.25) is 0 Å². The number of amides is 1. The topological polar surface area (TPSA) is 61.6 Å². The fraction of sp³-hybridized carbons (Fsp3) is 0.371. The van der Waals surface area contributed by atoms with E-state index in [9.17, 15) is 9.90 Å². The number of aromatic nitrogens is 2. The molecular formula is C35H42N4O2. The Hall–Kier alpha value is -3.90. The fourth-order valence-electron chi connectivity index (χ4n) is 6.01. The summed E-state index contributed by atoms with van der Waals surface area (Å²) in [5.41, 5.74) is 4.71. The van der Waals surface area contributed by atoms with E-state index < -0.39 is 6.09 Å². The predicted molar refractivity (Wildman–Crippen MR) is 166 cm³/mol. The van der Waals surface area contributed by atoms with E-state index in [4.69, 9.17) is 4.98 Å². The minimum Gasteiger partial charge on any atom is -0.465 e. The van der Waals surface area contributed by atoms with Crippen LogP contribution in [-0.4, -0.2) is 56.7 Å². The molecule has 0 aliphatic carbocycles. The van der Waals surface area contributed by atoms with Gasteiger partial charge in [-0.1, -0.05) is 91.9 Å². The highest BCUT2D eigenvalue weighted by molar-refractivity contribution is 5.76. The van der Waals surface area contributed by atoms with Crippen LogP contribution in [0.1, 0.15) is 49.1 Å². The average molecular weight is 551 g/mol. The minimum absolute atomic E-state index is 0.413. The SMILES string of the molecule is CCc1nc2ccccc2n1CC(CCN1CCC(C=CCN(Cc2ccccc2)C(=O)O)CC1)c1ccccc1. The van der Waals surface area contributed by atoms with Gasteiger partial charge in [0.2, 0.25) is 0 Å². The van der Waals surface area contributed by atoms with Gasteiger partial charge in [0.05, 0.1) is 11.0 Å². The lowest BCUT2D eigenvalue weighted by Crippen LogP contribution is -2.35. The summed E-state index contributed by atoms with van der Waals surface area (Å²) >= 11 is 0. The van der Waals surface area contributed by atoms with Crippen molar-refractivity contribution in [3.05, 3.63) is 114 Å². The molecule has 214 valence electrons. The van der Waals surface area contributed by atoms with Crippen molar-refractivity contribution in [2.24, 2.45) is 5.92 Å². The van der Waals surface area contributed by atoms with Crippen LogP contribution in [0.25, 0.3) is 11.0 Å². The Morgan fingerprint density at radius 2 is 1.68 bits per heavy atom. The Balaban J connectivity index is 1.15. The van der Waals surface area contributed by atoms with Gasteiger partial charge >= 0.3 is 6.09 Å². The number of fused-ring (bicyclic) bond motifs is 1. The molecule has 1 saturated heterocycles. The van der Waals surface area contributed by atoms with E-state index in [0.29, 0.717) is 24.9 Å². The van der Waals surface area contributed by atoms with Crippen LogP contribution < -0.4 is 0 Å². The van der Waals surface area contributed by atoms with Crippen LogP contribution in [-0.2, 0) is 19.5 Å². The van der Waals surface area contributed by atoms with E-state index in [1.165, 1.54) is 16.0 Å². The van der Waals surface area contributed by atoms with Gasteiger partial charge in [0.15, 0.2) is 0 Å². The fourth-order valence-corrected chi connectivity index (χ4v) is 6.01. The number of nitrogens with zero attached hydrogens (tertiary/aromatic N) is 4. The molecule has 0 saturated carbocycles. The average Bonchev–Trinajstić information content (AvgIpc) is 3.37. The summed E-state index contributed by atoms with van der Waals surface area (Å²) in [5.74, 6) is 2.08. The molecule has 1 unspecified atom stereocenters. The molecule has 4 aromatic rings. The molecule has 3 aromatic carbocycles. The number of para-hydroxylation sites is 2. The van der Waals surface area contributed by atoms with Gasteiger partial charge in [-0.2, -0.15) is 0 Å². The second-order valence-electron chi connectivity index (χ2n) is 11.1. The molecule has 1 aliphatic rings. The minimum atomic E-state index is -0.879. The molecule has 1 amide bonds. The first kappa shape index (κ1) is 28.6. The molecule has 0 radical (unpaired) electrons. The smallest absolute Gasteiger partial charge is 0.407 e. The Bertz CT molecular complexity index is 1410. The second kappa shape index (κ2) is 14.1. The lowest BCUT2D eigenvalue weighted by molar-refractivity contribution is 0.147.